The molecule has 4 N–H and O–H groups in total. The molecular formula is C10H13FN2O6S2. The summed E-state index contributed by atoms with van der Waals surface area (Å²) >= 11 is 0. The summed E-state index contributed by atoms with van der Waals surface area (Å²) in [5.41, 5.74) is -0.388. The van der Waals surface area contributed by atoms with Crippen LogP contribution >= 0.6 is 0 Å². The number of benzene rings is 1. The SMILES string of the molecule is NS(=O)(=O)CCCNS(=O)(=O)c1cc(C(=O)O)ccc1F. The third-order valence-electron chi connectivity index (χ3n) is 2.37. The zero-order valence-electron chi connectivity index (χ0n) is 10.6. The van der Waals surface area contributed by atoms with Gasteiger partial charge in [0.1, 0.15) is 10.7 Å². The summed E-state index contributed by atoms with van der Waals surface area (Å²) in [6.45, 7) is -0.282. The van der Waals surface area contributed by atoms with Crippen molar-refractivity contribution in [2.24, 2.45) is 5.14 Å². The summed E-state index contributed by atoms with van der Waals surface area (Å²) in [6, 6.07) is 2.33. The second-order valence-electron chi connectivity index (χ2n) is 4.07. The highest BCUT2D eigenvalue weighted by Gasteiger charge is 2.20. The number of rotatable bonds is 7. The van der Waals surface area contributed by atoms with Crippen LogP contribution in [0.2, 0.25) is 0 Å². The van der Waals surface area contributed by atoms with E-state index in [2.05, 4.69) is 0 Å². The Balaban J connectivity index is 2.88. The fourth-order valence-electron chi connectivity index (χ4n) is 1.40. The van der Waals surface area contributed by atoms with Gasteiger partial charge in [0.2, 0.25) is 20.0 Å². The molecule has 0 aliphatic rings. The van der Waals surface area contributed by atoms with E-state index < -0.39 is 42.5 Å². The zero-order valence-corrected chi connectivity index (χ0v) is 12.2. The summed E-state index contributed by atoms with van der Waals surface area (Å²) in [7, 11) is -8.01. The van der Waals surface area contributed by atoms with Crippen LogP contribution in [0, 0.1) is 5.82 Å². The van der Waals surface area contributed by atoms with E-state index in [1.54, 1.807) is 0 Å². The van der Waals surface area contributed by atoms with E-state index in [0.717, 1.165) is 12.1 Å². The Hall–Kier alpha value is -1.56. The molecule has 0 heterocycles. The Morgan fingerprint density at radius 3 is 2.43 bits per heavy atom. The number of halogens is 1. The van der Waals surface area contributed by atoms with Crippen LogP contribution in [-0.2, 0) is 20.0 Å². The number of hydrogen-bond acceptors (Lipinski definition) is 5. The van der Waals surface area contributed by atoms with Gasteiger partial charge in [0.15, 0.2) is 0 Å². The molecule has 1 aromatic carbocycles. The number of nitrogens with one attached hydrogen (secondary N) is 1. The van der Waals surface area contributed by atoms with E-state index in [1.165, 1.54) is 0 Å². The largest absolute Gasteiger partial charge is 0.478 e. The highest BCUT2D eigenvalue weighted by Crippen LogP contribution is 2.16. The minimum absolute atomic E-state index is 0.0989. The molecule has 8 nitrogen and oxygen atoms in total. The smallest absolute Gasteiger partial charge is 0.335 e. The van der Waals surface area contributed by atoms with Gasteiger partial charge < -0.3 is 5.11 Å². The molecule has 0 saturated carbocycles. The highest BCUT2D eigenvalue weighted by molar-refractivity contribution is 7.89. The van der Waals surface area contributed by atoms with E-state index in [4.69, 9.17) is 10.2 Å². The van der Waals surface area contributed by atoms with E-state index >= 15 is 0 Å². The zero-order chi connectivity index (χ0) is 16.3. The minimum Gasteiger partial charge on any atom is -0.478 e. The summed E-state index contributed by atoms with van der Waals surface area (Å²) < 4.78 is 60.5. The molecule has 0 aliphatic heterocycles. The van der Waals surface area contributed by atoms with Crippen molar-refractivity contribution in [2.45, 2.75) is 11.3 Å². The fourth-order valence-corrected chi connectivity index (χ4v) is 3.12. The molecule has 0 bridgehead atoms. The molecule has 11 heteroatoms. The maximum Gasteiger partial charge on any atom is 0.335 e. The van der Waals surface area contributed by atoms with Crippen molar-refractivity contribution < 1.29 is 31.1 Å². The minimum atomic E-state index is -4.29. The Kier molecular flexibility index (Phi) is 5.39. The monoisotopic (exact) mass is 340 g/mol. The van der Waals surface area contributed by atoms with Gasteiger partial charge in [-0.1, -0.05) is 0 Å². The van der Waals surface area contributed by atoms with Gasteiger partial charge in [0.25, 0.3) is 0 Å². The van der Waals surface area contributed by atoms with Crippen LogP contribution in [0.1, 0.15) is 16.8 Å². The lowest BCUT2D eigenvalue weighted by Gasteiger charge is -2.08. The van der Waals surface area contributed by atoms with Gasteiger partial charge in [-0.25, -0.2) is 35.9 Å². The van der Waals surface area contributed by atoms with E-state index in [0.29, 0.717) is 6.07 Å². The maximum atomic E-state index is 13.5. The Morgan fingerprint density at radius 2 is 1.90 bits per heavy atom. The average Bonchev–Trinajstić information content (AvgIpc) is 2.33. The average molecular weight is 340 g/mol. The van der Waals surface area contributed by atoms with Crippen molar-refractivity contribution in [1.82, 2.24) is 4.72 Å². The maximum absolute atomic E-state index is 13.5. The van der Waals surface area contributed by atoms with Crippen LogP contribution in [0.3, 0.4) is 0 Å². The van der Waals surface area contributed by atoms with Crippen molar-refractivity contribution in [3.63, 3.8) is 0 Å². The number of carbonyl (C=O) groups is 1. The first-order valence-corrected chi connectivity index (χ1v) is 8.76. The van der Waals surface area contributed by atoms with Crippen LogP contribution in [0.4, 0.5) is 4.39 Å². The molecule has 118 valence electrons. The first kappa shape index (κ1) is 17.5. The van der Waals surface area contributed by atoms with Gasteiger partial charge in [-0.2, -0.15) is 0 Å². The molecule has 0 amide bonds. The number of sulfonamides is 2. The third-order valence-corrected chi connectivity index (χ3v) is 4.70. The number of hydrogen-bond donors (Lipinski definition) is 3. The van der Waals surface area contributed by atoms with Crippen molar-refractivity contribution >= 4 is 26.0 Å². The quantitative estimate of drug-likeness (QED) is 0.570. The lowest BCUT2D eigenvalue weighted by Crippen LogP contribution is -2.28. The topological polar surface area (TPSA) is 144 Å². The standard InChI is InChI=1S/C10H13FN2O6S2/c11-8-3-2-7(10(14)15)6-9(8)21(18,19)13-4-1-5-20(12,16)17/h2-3,6,13H,1,4-5H2,(H,14,15)(H2,12,16,17). The van der Waals surface area contributed by atoms with Crippen molar-refractivity contribution in [3.8, 4) is 0 Å². The molecule has 1 aromatic rings. The summed E-state index contributed by atoms with van der Waals surface area (Å²) in [4.78, 5) is 9.92. The van der Waals surface area contributed by atoms with Gasteiger partial charge in [0.05, 0.1) is 11.3 Å². The van der Waals surface area contributed by atoms with Crippen LogP contribution in [0.15, 0.2) is 23.1 Å². The molecule has 0 fully saturated rings. The van der Waals surface area contributed by atoms with Crippen LogP contribution in [-0.4, -0.2) is 40.2 Å². The van der Waals surface area contributed by atoms with Crippen LogP contribution in [0.25, 0.3) is 0 Å². The lowest BCUT2D eigenvalue weighted by molar-refractivity contribution is 0.0696. The van der Waals surface area contributed by atoms with Gasteiger partial charge in [-0.15, -0.1) is 0 Å². The summed E-state index contributed by atoms with van der Waals surface area (Å²) in [6.07, 6.45) is -0.0989. The van der Waals surface area contributed by atoms with Crippen LogP contribution in [0.5, 0.6) is 0 Å². The normalized spacial score (nSPS) is 12.3. The van der Waals surface area contributed by atoms with E-state index in [1.807, 2.05) is 4.72 Å². The molecular weight excluding hydrogens is 327 g/mol. The molecule has 0 saturated heterocycles. The molecule has 0 aliphatic carbocycles. The number of aromatic carboxylic acids is 1. The van der Waals surface area contributed by atoms with E-state index in [9.17, 15) is 26.0 Å². The van der Waals surface area contributed by atoms with Gasteiger partial charge in [-0.3, -0.25) is 0 Å². The number of carboxylic acid groups (broad SMARTS) is 1. The fraction of sp³-hybridized carbons (Fsp3) is 0.300. The van der Waals surface area contributed by atoms with Crippen molar-refractivity contribution in [3.05, 3.63) is 29.6 Å². The highest BCUT2D eigenvalue weighted by atomic mass is 32.2. The second-order valence-corrected chi connectivity index (χ2v) is 7.54. The molecule has 21 heavy (non-hydrogen) atoms. The Bertz CT molecular complexity index is 745. The predicted molar refractivity (Wildman–Crippen MR) is 71.1 cm³/mol. The van der Waals surface area contributed by atoms with Crippen molar-refractivity contribution in [2.75, 3.05) is 12.3 Å². The van der Waals surface area contributed by atoms with Gasteiger partial charge >= 0.3 is 5.97 Å². The predicted octanol–water partition coefficient (Wildman–Crippen LogP) is -0.519. The first-order valence-electron chi connectivity index (χ1n) is 5.56. The number of primary sulfonamides is 1. The second kappa shape index (κ2) is 6.47. The molecule has 0 aromatic heterocycles. The van der Waals surface area contributed by atoms with Gasteiger partial charge in [-0.05, 0) is 24.6 Å². The first-order chi connectivity index (χ1) is 9.53. The lowest BCUT2D eigenvalue weighted by atomic mass is 10.2. The summed E-state index contributed by atoms with van der Waals surface area (Å²) in [5, 5.41) is 13.5. The number of nitrogens with two attached hydrogens (primary N) is 1. The number of carboxylic acids is 1. The third kappa shape index (κ3) is 5.38. The Labute approximate surface area is 120 Å². The van der Waals surface area contributed by atoms with Gasteiger partial charge in [0, 0.05) is 6.54 Å². The van der Waals surface area contributed by atoms with Crippen LogP contribution < -0.4 is 9.86 Å². The molecule has 1 rings (SSSR count). The van der Waals surface area contributed by atoms with E-state index in [-0.39, 0.29) is 18.5 Å². The molecule has 0 atom stereocenters. The van der Waals surface area contributed by atoms with Crippen molar-refractivity contribution in [1.29, 1.82) is 0 Å². The Morgan fingerprint density at radius 1 is 1.29 bits per heavy atom. The molecule has 0 unspecified atom stereocenters. The molecule has 0 radical (unpaired) electrons. The molecule has 0 spiro atoms. The summed E-state index contributed by atoms with van der Waals surface area (Å²) in [5.74, 6) is -2.95.